The Labute approximate surface area is 137 Å². The van der Waals surface area contributed by atoms with Crippen LogP contribution in [0.25, 0.3) is 0 Å². The van der Waals surface area contributed by atoms with Crippen LogP contribution in [0.15, 0.2) is 35.6 Å². The molecule has 2 aromatic rings. The van der Waals surface area contributed by atoms with E-state index in [4.69, 9.17) is 5.73 Å². The molecule has 0 amide bonds. The normalized spacial score (nSPS) is 17.1. The summed E-state index contributed by atoms with van der Waals surface area (Å²) in [6.45, 7) is 7.59. The molecule has 0 saturated carbocycles. The van der Waals surface area contributed by atoms with Crippen LogP contribution in [0, 0.1) is 12.8 Å². The number of rotatable bonds is 4. The number of likely N-dealkylation sites (tertiary alicyclic amines) is 1. The first-order chi connectivity index (χ1) is 11.1. The van der Waals surface area contributed by atoms with E-state index < -0.39 is 0 Å². The Bertz CT molecular complexity index is 680. The zero-order valence-electron chi connectivity index (χ0n) is 13.9. The summed E-state index contributed by atoms with van der Waals surface area (Å²) in [5.41, 5.74) is 9.15. The number of anilines is 1. The first kappa shape index (κ1) is 15.7. The zero-order valence-corrected chi connectivity index (χ0v) is 13.9. The smallest absolute Gasteiger partial charge is 0.221 e. The third kappa shape index (κ3) is 3.99. The van der Waals surface area contributed by atoms with Gasteiger partial charge >= 0.3 is 0 Å². The van der Waals surface area contributed by atoms with Crippen molar-refractivity contribution in [2.75, 3.05) is 18.8 Å². The van der Waals surface area contributed by atoms with E-state index in [-0.39, 0.29) is 0 Å². The van der Waals surface area contributed by atoms with E-state index in [9.17, 15) is 0 Å². The lowest BCUT2D eigenvalue weighted by Crippen LogP contribution is -2.32. The molecule has 23 heavy (non-hydrogen) atoms. The van der Waals surface area contributed by atoms with Gasteiger partial charge in [-0.05, 0) is 49.9 Å². The van der Waals surface area contributed by atoms with Gasteiger partial charge in [0.2, 0.25) is 5.95 Å². The lowest BCUT2D eigenvalue weighted by Gasteiger charge is -2.30. The minimum absolute atomic E-state index is 0.418. The van der Waals surface area contributed by atoms with Crippen LogP contribution in [-0.4, -0.2) is 33.9 Å². The van der Waals surface area contributed by atoms with E-state index in [0.29, 0.717) is 5.95 Å². The zero-order chi connectivity index (χ0) is 16.2. The van der Waals surface area contributed by atoms with Gasteiger partial charge in [0.1, 0.15) is 0 Å². The second-order valence-corrected chi connectivity index (χ2v) is 6.49. The van der Waals surface area contributed by atoms with Crippen LogP contribution in [-0.2, 0) is 6.54 Å². The Morgan fingerprint density at radius 3 is 2.74 bits per heavy atom. The monoisotopic (exact) mass is 311 g/mol. The summed E-state index contributed by atoms with van der Waals surface area (Å²) in [5.74, 6) is 1.27. The topological polar surface area (TPSA) is 59.4 Å². The maximum atomic E-state index is 5.84. The number of nitrogens with zero attached hydrogens (tertiary/aromatic N) is 4. The Balaban J connectivity index is 1.74. The Hall–Kier alpha value is -2.14. The standard InChI is InChI=1S/C18H25N5/c1-14-7-9-22(10-8-14)13-17-6-4-3-5-16(17)11-20-23-12-15(2)21-18(23)19/h3-6,11-12,14H,7-10,13H2,1-2H3,(H2,19,21). The molecule has 1 aromatic heterocycles. The van der Waals surface area contributed by atoms with Crippen LogP contribution in [0.4, 0.5) is 5.95 Å². The van der Waals surface area contributed by atoms with Gasteiger partial charge in [0.05, 0.1) is 18.1 Å². The van der Waals surface area contributed by atoms with Gasteiger partial charge in [0.25, 0.3) is 0 Å². The quantitative estimate of drug-likeness (QED) is 0.883. The molecule has 1 saturated heterocycles. The van der Waals surface area contributed by atoms with E-state index in [1.807, 2.05) is 25.4 Å². The summed E-state index contributed by atoms with van der Waals surface area (Å²) in [5, 5.41) is 4.45. The summed E-state index contributed by atoms with van der Waals surface area (Å²) in [6.07, 6.45) is 6.29. The van der Waals surface area contributed by atoms with Gasteiger partial charge in [-0.25, -0.2) is 9.66 Å². The molecule has 0 bridgehead atoms. The van der Waals surface area contributed by atoms with E-state index >= 15 is 0 Å². The highest BCUT2D eigenvalue weighted by atomic mass is 15.4. The van der Waals surface area contributed by atoms with Crippen molar-refractivity contribution in [3.8, 4) is 0 Å². The van der Waals surface area contributed by atoms with Crippen molar-refractivity contribution in [1.82, 2.24) is 14.6 Å². The van der Waals surface area contributed by atoms with Crippen LogP contribution in [0.5, 0.6) is 0 Å². The summed E-state index contributed by atoms with van der Waals surface area (Å²) in [7, 11) is 0. The third-order valence-electron chi connectivity index (χ3n) is 4.48. The number of nitrogens with two attached hydrogens (primary N) is 1. The average molecular weight is 311 g/mol. The van der Waals surface area contributed by atoms with Crippen molar-refractivity contribution in [2.45, 2.75) is 33.2 Å². The van der Waals surface area contributed by atoms with E-state index in [0.717, 1.165) is 23.7 Å². The van der Waals surface area contributed by atoms with Gasteiger partial charge in [-0.1, -0.05) is 31.2 Å². The highest BCUT2D eigenvalue weighted by Gasteiger charge is 2.16. The molecule has 0 spiro atoms. The summed E-state index contributed by atoms with van der Waals surface area (Å²) in [4.78, 5) is 6.70. The molecule has 2 heterocycles. The predicted octanol–water partition coefficient (Wildman–Crippen LogP) is 2.89. The second-order valence-electron chi connectivity index (χ2n) is 6.49. The molecule has 0 unspecified atom stereocenters. The van der Waals surface area contributed by atoms with Gasteiger partial charge in [0, 0.05) is 6.54 Å². The molecule has 1 aliphatic heterocycles. The highest BCUT2D eigenvalue weighted by molar-refractivity contribution is 5.81. The van der Waals surface area contributed by atoms with Crippen LogP contribution in [0.1, 0.15) is 36.6 Å². The van der Waals surface area contributed by atoms with Crippen LogP contribution < -0.4 is 5.73 Å². The Morgan fingerprint density at radius 1 is 1.30 bits per heavy atom. The van der Waals surface area contributed by atoms with Crippen molar-refractivity contribution >= 4 is 12.2 Å². The molecule has 3 rings (SSSR count). The predicted molar refractivity (Wildman–Crippen MR) is 94.5 cm³/mol. The Kier molecular flexibility index (Phi) is 4.76. The Morgan fingerprint density at radius 2 is 2.04 bits per heavy atom. The third-order valence-corrected chi connectivity index (χ3v) is 4.48. The maximum Gasteiger partial charge on any atom is 0.221 e. The van der Waals surface area contributed by atoms with Crippen molar-refractivity contribution in [1.29, 1.82) is 0 Å². The van der Waals surface area contributed by atoms with Crippen LogP contribution in [0.3, 0.4) is 0 Å². The van der Waals surface area contributed by atoms with Crippen LogP contribution >= 0.6 is 0 Å². The van der Waals surface area contributed by atoms with E-state index in [2.05, 4.69) is 40.1 Å². The minimum atomic E-state index is 0.418. The average Bonchev–Trinajstić information content (AvgIpc) is 2.86. The lowest BCUT2D eigenvalue weighted by atomic mass is 9.98. The molecule has 0 radical (unpaired) electrons. The second kappa shape index (κ2) is 6.96. The number of nitrogen functional groups attached to an aromatic ring is 1. The largest absolute Gasteiger partial charge is 0.368 e. The van der Waals surface area contributed by atoms with Gasteiger partial charge < -0.3 is 5.73 Å². The van der Waals surface area contributed by atoms with Crippen LogP contribution in [0.2, 0.25) is 0 Å². The number of hydrogen-bond acceptors (Lipinski definition) is 4. The van der Waals surface area contributed by atoms with Crippen molar-refractivity contribution in [2.24, 2.45) is 11.0 Å². The number of hydrogen-bond donors (Lipinski definition) is 1. The summed E-state index contributed by atoms with van der Waals surface area (Å²) < 4.78 is 1.62. The van der Waals surface area contributed by atoms with Gasteiger partial charge in [-0.2, -0.15) is 5.10 Å². The molecule has 1 fully saturated rings. The van der Waals surface area contributed by atoms with Crippen molar-refractivity contribution in [3.63, 3.8) is 0 Å². The molecule has 5 heteroatoms. The minimum Gasteiger partial charge on any atom is -0.368 e. The molecule has 0 atom stereocenters. The van der Waals surface area contributed by atoms with Crippen molar-refractivity contribution in [3.05, 3.63) is 47.3 Å². The molecule has 0 aliphatic carbocycles. The van der Waals surface area contributed by atoms with Crippen molar-refractivity contribution < 1.29 is 0 Å². The number of aryl methyl sites for hydroxylation is 1. The fourth-order valence-electron chi connectivity index (χ4n) is 2.99. The fourth-order valence-corrected chi connectivity index (χ4v) is 2.99. The van der Waals surface area contributed by atoms with Gasteiger partial charge in [0.15, 0.2) is 0 Å². The number of imidazole rings is 1. The number of piperidine rings is 1. The van der Waals surface area contributed by atoms with E-state index in [1.54, 1.807) is 4.68 Å². The first-order valence-electron chi connectivity index (χ1n) is 8.28. The summed E-state index contributed by atoms with van der Waals surface area (Å²) in [6, 6.07) is 8.42. The number of aromatic nitrogens is 2. The first-order valence-corrected chi connectivity index (χ1v) is 8.28. The SMILES string of the molecule is Cc1cn(N=Cc2ccccc2CN2CCC(C)CC2)c(N)n1. The molecule has 1 aromatic carbocycles. The lowest BCUT2D eigenvalue weighted by molar-refractivity contribution is 0.185. The number of benzene rings is 1. The summed E-state index contributed by atoms with van der Waals surface area (Å²) >= 11 is 0. The fraction of sp³-hybridized carbons (Fsp3) is 0.444. The van der Waals surface area contributed by atoms with Gasteiger partial charge in [-0.15, -0.1) is 0 Å². The molecular weight excluding hydrogens is 286 g/mol. The van der Waals surface area contributed by atoms with Gasteiger partial charge in [-0.3, -0.25) is 4.90 Å². The highest BCUT2D eigenvalue weighted by Crippen LogP contribution is 2.19. The van der Waals surface area contributed by atoms with E-state index in [1.165, 1.54) is 31.5 Å². The molecule has 2 N–H and O–H groups in total. The molecule has 5 nitrogen and oxygen atoms in total. The molecule has 1 aliphatic rings. The molecule has 122 valence electrons. The maximum absolute atomic E-state index is 5.84. The molecular formula is C18H25N5.